The van der Waals surface area contributed by atoms with E-state index in [-0.39, 0.29) is 0 Å². The standard InChI is InChI=1S/C6H7IN2OS/c1-4-5(7)3-8-6(9-4)11(2)10/h3H,1-2H3/t11-/m0/s1. The van der Waals surface area contributed by atoms with Crippen LogP contribution < -0.4 is 0 Å². The Bertz CT molecular complexity index is 303. The molecule has 0 aliphatic carbocycles. The van der Waals surface area contributed by atoms with Crippen molar-refractivity contribution >= 4 is 33.4 Å². The third-order valence-corrected chi connectivity index (χ3v) is 2.92. The molecule has 1 aromatic rings. The maximum absolute atomic E-state index is 10.9. The first-order valence-corrected chi connectivity index (χ1v) is 5.57. The van der Waals surface area contributed by atoms with E-state index in [2.05, 4.69) is 32.6 Å². The van der Waals surface area contributed by atoms with E-state index in [4.69, 9.17) is 0 Å². The third kappa shape index (κ3) is 2.19. The zero-order chi connectivity index (χ0) is 8.43. The number of rotatable bonds is 1. The van der Waals surface area contributed by atoms with Crippen LogP contribution in [0.5, 0.6) is 0 Å². The summed E-state index contributed by atoms with van der Waals surface area (Å²) in [6, 6.07) is 0. The van der Waals surface area contributed by atoms with Gasteiger partial charge in [0.1, 0.15) is 0 Å². The average Bonchev–Trinajstić information content (AvgIpc) is 1.94. The van der Waals surface area contributed by atoms with Gasteiger partial charge in [-0.1, -0.05) is 0 Å². The van der Waals surface area contributed by atoms with Gasteiger partial charge in [-0.15, -0.1) is 0 Å². The van der Waals surface area contributed by atoms with Crippen molar-refractivity contribution in [3.05, 3.63) is 15.5 Å². The van der Waals surface area contributed by atoms with Crippen LogP contribution in [0.3, 0.4) is 0 Å². The quantitative estimate of drug-likeness (QED) is 0.573. The predicted molar refractivity (Wildman–Crippen MR) is 51.8 cm³/mol. The normalized spacial score (nSPS) is 13.0. The highest BCUT2D eigenvalue weighted by Gasteiger charge is 2.02. The molecule has 0 spiro atoms. The highest BCUT2D eigenvalue weighted by molar-refractivity contribution is 14.1. The van der Waals surface area contributed by atoms with E-state index < -0.39 is 10.8 Å². The molecule has 3 nitrogen and oxygen atoms in total. The van der Waals surface area contributed by atoms with Gasteiger partial charge in [0, 0.05) is 12.5 Å². The first kappa shape index (κ1) is 9.05. The molecule has 0 aromatic carbocycles. The van der Waals surface area contributed by atoms with Crippen LogP contribution >= 0.6 is 22.6 Å². The Kier molecular flexibility index (Phi) is 2.94. The Morgan fingerprint density at radius 1 is 1.64 bits per heavy atom. The lowest BCUT2D eigenvalue weighted by molar-refractivity contribution is 0.678. The van der Waals surface area contributed by atoms with Crippen LogP contribution in [0, 0.1) is 10.5 Å². The number of aryl methyl sites for hydroxylation is 1. The molecule has 0 bridgehead atoms. The average molecular weight is 282 g/mol. The van der Waals surface area contributed by atoms with E-state index in [9.17, 15) is 4.21 Å². The van der Waals surface area contributed by atoms with Crippen molar-refractivity contribution in [1.82, 2.24) is 9.97 Å². The molecule has 1 heterocycles. The molecule has 1 atom stereocenters. The van der Waals surface area contributed by atoms with Crippen LogP contribution in [0.1, 0.15) is 5.69 Å². The lowest BCUT2D eigenvalue weighted by Gasteiger charge is -1.97. The van der Waals surface area contributed by atoms with Crippen molar-refractivity contribution in [2.24, 2.45) is 0 Å². The van der Waals surface area contributed by atoms with Crippen LogP contribution in [0.15, 0.2) is 11.4 Å². The molecule has 0 unspecified atom stereocenters. The molecular weight excluding hydrogens is 275 g/mol. The number of aromatic nitrogens is 2. The summed E-state index contributed by atoms with van der Waals surface area (Å²) in [6.07, 6.45) is 3.25. The van der Waals surface area contributed by atoms with Crippen LogP contribution in [-0.4, -0.2) is 20.4 Å². The van der Waals surface area contributed by atoms with Crippen molar-refractivity contribution in [1.29, 1.82) is 0 Å². The minimum atomic E-state index is -1.07. The van der Waals surface area contributed by atoms with Gasteiger partial charge in [0.05, 0.1) is 20.1 Å². The van der Waals surface area contributed by atoms with E-state index in [1.807, 2.05) is 6.92 Å². The van der Waals surface area contributed by atoms with E-state index >= 15 is 0 Å². The summed E-state index contributed by atoms with van der Waals surface area (Å²) in [6.45, 7) is 1.87. The van der Waals surface area contributed by atoms with Gasteiger partial charge in [-0.25, -0.2) is 9.97 Å². The summed E-state index contributed by atoms with van der Waals surface area (Å²) < 4.78 is 11.9. The van der Waals surface area contributed by atoms with Gasteiger partial charge >= 0.3 is 0 Å². The van der Waals surface area contributed by atoms with E-state index in [1.165, 1.54) is 0 Å². The molecule has 11 heavy (non-hydrogen) atoms. The highest BCUT2D eigenvalue weighted by Crippen LogP contribution is 2.07. The van der Waals surface area contributed by atoms with Crippen molar-refractivity contribution in [3.8, 4) is 0 Å². The number of hydrogen-bond donors (Lipinski definition) is 0. The summed E-state index contributed by atoms with van der Waals surface area (Å²) in [5.74, 6) is 0. The molecular formula is C6H7IN2OS. The molecule has 0 saturated carbocycles. The molecule has 0 N–H and O–H groups in total. The lowest BCUT2D eigenvalue weighted by Crippen LogP contribution is -1.99. The van der Waals surface area contributed by atoms with Crippen LogP contribution in [0.4, 0.5) is 0 Å². The van der Waals surface area contributed by atoms with Gasteiger partial charge in [-0.05, 0) is 29.5 Å². The topological polar surface area (TPSA) is 42.9 Å². The summed E-state index contributed by atoms with van der Waals surface area (Å²) in [5.41, 5.74) is 0.880. The summed E-state index contributed by atoms with van der Waals surface area (Å²) in [7, 11) is -1.07. The number of halogens is 1. The fraction of sp³-hybridized carbons (Fsp3) is 0.333. The smallest absolute Gasteiger partial charge is 0.218 e. The molecule has 60 valence electrons. The second-order valence-corrected chi connectivity index (χ2v) is 4.48. The molecule has 1 rings (SSSR count). The van der Waals surface area contributed by atoms with Crippen LogP contribution in [0.2, 0.25) is 0 Å². The van der Waals surface area contributed by atoms with Crippen molar-refractivity contribution in [2.45, 2.75) is 12.1 Å². The molecule has 1 aromatic heterocycles. The van der Waals surface area contributed by atoms with Crippen molar-refractivity contribution in [2.75, 3.05) is 6.26 Å². The maximum atomic E-state index is 10.9. The molecule has 0 fully saturated rings. The van der Waals surface area contributed by atoms with Gasteiger partial charge < -0.3 is 0 Å². The Morgan fingerprint density at radius 2 is 2.27 bits per heavy atom. The van der Waals surface area contributed by atoms with Crippen LogP contribution in [-0.2, 0) is 10.8 Å². The molecule has 0 radical (unpaired) electrons. The SMILES string of the molecule is Cc1nc([S@](C)=O)ncc1I. The molecule has 0 aliphatic heterocycles. The Balaban J connectivity index is 3.15. The maximum Gasteiger partial charge on any atom is 0.218 e. The summed E-state index contributed by atoms with van der Waals surface area (Å²) >= 11 is 2.14. The minimum absolute atomic E-state index is 0.405. The number of hydrogen-bond acceptors (Lipinski definition) is 3. The number of nitrogens with zero attached hydrogens (tertiary/aromatic N) is 2. The van der Waals surface area contributed by atoms with Gasteiger partial charge in [0.15, 0.2) is 0 Å². The van der Waals surface area contributed by atoms with Crippen LogP contribution in [0.25, 0.3) is 0 Å². The first-order valence-electron chi connectivity index (χ1n) is 2.94. The van der Waals surface area contributed by atoms with Gasteiger partial charge in [0.25, 0.3) is 0 Å². The molecule has 0 aliphatic rings. The minimum Gasteiger partial charge on any atom is -0.251 e. The fourth-order valence-corrected chi connectivity index (χ4v) is 1.30. The molecule has 5 heteroatoms. The second kappa shape index (κ2) is 3.57. The highest BCUT2D eigenvalue weighted by atomic mass is 127. The van der Waals surface area contributed by atoms with E-state index in [0.29, 0.717) is 5.16 Å². The largest absolute Gasteiger partial charge is 0.251 e. The third-order valence-electron chi connectivity index (χ3n) is 1.15. The van der Waals surface area contributed by atoms with Crippen molar-refractivity contribution < 1.29 is 4.21 Å². The molecule has 0 amide bonds. The van der Waals surface area contributed by atoms with Gasteiger partial charge in [-0.2, -0.15) is 0 Å². The van der Waals surface area contributed by atoms with E-state index in [1.54, 1.807) is 12.5 Å². The van der Waals surface area contributed by atoms with E-state index in [0.717, 1.165) is 9.26 Å². The predicted octanol–water partition coefficient (Wildman–Crippen LogP) is 1.13. The summed E-state index contributed by atoms with van der Waals surface area (Å²) in [4.78, 5) is 7.97. The van der Waals surface area contributed by atoms with Gasteiger partial charge in [0.2, 0.25) is 5.16 Å². The Labute approximate surface area is 81.2 Å². The zero-order valence-electron chi connectivity index (χ0n) is 6.17. The lowest BCUT2D eigenvalue weighted by atomic mass is 10.5. The first-order chi connectivity index (χ1) is 5.11. The zero-order valence-corrected chi connectivity index (χ0v) is 9.14. The molecule has 0 saturated heterocycles. The monoisotopic (exact) mass is 282 g/mol. The Hall–Kier alpha value is -0.0400. The van der Waals surface area contributed by atoms with Crippen molar-refractivity contribution in [3.63, 3.8) is 0 Å². The Morgan fingerprint density at radius 3 is 2.73 bits per heavy atom. The fourth-order valence-electron chi connectivity index (χ4n) is 0.570. The summed E-state index contributed by atoms with van der Waals surface area (Å²) in [5, 5.41) is 0.405. The van der Waals surface area contributed by atoms with Gasteiger partial charge in [-0.3, -0.25) is 4.21 Å². The second-order valence-electron chi connectivity index (χ2n) is 2.04.